The molecule has 0 unspecified atom stereocenters. The summed E-state index contributed by atoms with van der Waals surface area (Å²) >= 11 is 1.43. The van der Waals surface area contributed by atoms with Gasteiger partial charge in [0.05, 0.1) is 27.7 Å². The molecule has 1 aliphatic rings. The Morgan fingerprint density at radius 1 is 1.09 bits per heavy atom. The monoisotopic (exact) mass is 459 g/mol. The number of aryl methyl sites for hydroxylation is 2. The van der Waals surface area contributed by atoms with Gasteiger partial charge in [-0.2, -0.15) is 0 Å². The number of hydrogen-bond donors (Lipinski definition) is 0. The normalized spacial score (nSPS) is 13.1. The van der Waals surface area contributed by atoms with E-state index in [1.54, 1.807) is 41.7 Å². The summed E-state index contributed by atoms with van der Waals surface area (Å²) in [6, 6.07) is 12.6. The van der Waals surface area contributed by atoms with E-state index in [1.807, 2.05) is 35.9 Å². The van der Waals surface area contributed by atoms with Crippen molar-refractivity contribution in [3.05, 3.63) is 77.9 Å². The SMILES string of the molecule is Cc1ccc2nc(N(CCCn3ccnc3)C(=O)CN3C(=O)c4ccccc4C3=O)sc2c1. The van der Waals surface area contributed by atoms with E-state index in [4.69, 9.17) is 0 Å². The van der Waals surface area contributed by atoms with Crippen LogP contribution in [0.3, 0.4) is 0 Å². The lowest BCUT2D eigenvalue weighted by Crippen LogP contribution is -2.43. The van der Waals surface area contributed by atoms with Gasteiger partial charge < -0.3 is 4.57 Å². The highest BCUT2D eigenvalue weighted by Crippen LogP contribution is 2.30. The van der Waals surface area contributed by atoms with Gasteiger partial charge in [-0.3, -0.25) is 24.2 Å². The molecule has 0 atom stereocenters. The van der Waals surface area contributed by atoms with Crippen molar-refractivity contribution in [2.24, 2.45) is 0 Å². The third-order valence-corrected chi connectivity index (χ3v) is 6.63. The van der Waals surface area contributed by atoms with Crippen LogP contribution in [0.1, 0.15) is 32.7 Å². The highest BCUT2D eigenvalue weighted by molar-refractivity contribution is 7.22. The Hall–Kier alpha value is -3.85. The third kappa shape index (κ3) is 4.03. The predicted octanol–water partition coefficient (Wildman–Crippen LogP) is 3.52. The Balaban J connectivity index is 1.40. The first-order valence-electron chi connectivity index (χ1n) is 10.6. The number of carbonyl (C=O) groups is 3. The Morgan fingerprint density at radius 3 is 2.55 bits per heavy atom. The first-order chi connectivity index (χ1) is 16.0. The molecule has 0 fully saturated rings. The van der Waals surface area contributed by atoms with Crippen molar-refractivity contribution in [1.29, 1.82) is 0 Å². The molecule has 2 aromatic carbocycles. The van der Waals surface area contributed by atoms with Gasteiger partial charge >= 0.3 is 0 Å². The molecule has 4 aromatic rings. The Labute approximate surface area is 194 Å². The zero-order chi connectivity index (χ0) is 22.9. The number of fused-ring (bicyclic) bond motifs is 2. The van der Waals surface area contributed by atoms with E-state index in [0.717, 1.165) is 20.7 Å². The molecule has 0 N–H and O–H groups in total. The zero-order valence-corrected chi connectivity index (χ0v) is 18.8. The van der Waals surface area contributed by atoms with Crippen LogP contribution in [0.4, 0.5) is 5.13 Å². The van der Waals surface area contributed by atoms with Crippen LogP contribution in [0.2, 0.25) is 0 Å². The number of thiazole rings is 1. The largest absolute Gasteiger partial charge is 0.337 e. The van der Waals surface area contributed by atoms with E-state index in [2.05, 4.69) is 9.97 Å². The molecule has 8 nitrogen and oxygen atoms in total. The van der Waals surface area contributed by atoms with Gasteiger partial charge in [0.2, 0.25) is 5.91 Å². The minimum Gasteiger partial charge on any atom is -0.337 e. The number of anilines is 1. The summed E-state index contributed by atoms with van der Waals surface area (Å²) in [4.78, 5) is 50.2. The highest BCUT2D eigenvalue weighted by Gasteiger charge is 2.37. The Kier molecular flexibility index (Phi) is 5.47. The van der Waals surface area contributed by atoms with Gasteiger partial charge in [0, 0.05) is 25.5 Å². The summed E-state index contributed by atoms with van der Waals surface area (Å²) < 4.78 is 2.92. The lowest BCUT2D eigenvalue weighted by Gasteiger charge is -2.22. The van der Waals surface area contributed by atoms with Gasteiger partial charge in [-0.25, -0.2) is 9.97 Å². The fourth-order valence-electron chi connectivity index (χ4n) is 3.90. The minimum atomic E-state index is -0.442. The van der Waals surface area contributed by atoms with Gasteiger partial charge in [0.25, 0.3) is 11.8 Å². The zero-order valence-electron chi connectivity index (χ0n) is 18.0. The fraction of sp³-hybridized carbons (Fsp3) is 0.208. The van der Waals surface area contributed by atoms with Crippen molar-refractivity contribution in [3.63, 3.8) is 0 Å². The molecule has 0 aliphatic carbocycles. The van der Waals surface area contributed by atoms with Crippen LogP contribution in [0, 0.1) is 6.92 Å². The fourth-order valence-corrected chi connectivity index (χ4v) is 5.00. The number of rotatable bonds is 7. The maximum atomic E-state index is 13.4. The molecule has 3 amide bonds. The average molecular weight is 460 g/mol. The molecule has 33 heavy (non-hydrogen) atoms. The summed E-state index contributed by atoms with van der Waals surface area (Å²) in [5.74, 6) is -1.23. The smallest absolute Gasteiger partial charge is 0.262 e. The molecule has 0 bridgehead atoms. The van der Waals surface area contributed by atoms with Crippen LogP contribution in [-0.4, -0.2) is 50.2 Å². The summed E-state index contributed by atoms with van der Waals surface area (Å²) in [7, 11) is 0. The number of aromatic nitrogens is 3. The van der Waals surface area contributed by atoms with Crippen molar-refractivity contribution in [1.82, 2.24) is 19.4 Å². The van der Waals surface area contributed by atoms with Crippen LogP contribution >= 0.6 is 11.3 Å². The first kappa shape index (κ1) is 21.0. The summed E-state index contributed by atoms with van der Waals surface area (Å²) in [5, 5.41) is 0.558. The van der Waals surface area contributed by atoms with Crippen LogP contribution in [0.25, 0.3) is 10.2 Å². The standard InChI is InChI=1S/C24H21N5O3S/c1-16-7-8-19-20(13-16)33-24(26-19)28(11-4-10-27-12-9-25-15-27)21(30)14-29-22(31)17-5-2-3-6-18(17)23(29)32/h2-3,5-9,12-13,15H,4,10-11,14H2,1H3. The number of nitrogens with zero attached hydrogens (tertiary/aromatic N) is 5. The highest BCUT2D eigenvalue weighted by atomic mass is 32.1. The molecule has 3 heterocycles. The van der Waals surface area contributed by atoms with Crippen molar-refractivity contribution >= 4 is 44.4 Å². The second-order valence-corrected chi connectivity index (χ2v) is 8.92. The summed E-state index contributed by atoms with van der Waals surface area (Å²) in [6.45, 7) is 2.77. The number of hydrogen-bond acceptors (Lipinski definition) is 6. The Bertz CT molecular complexity index is 1330. The number of imidazole rings is 1. The van der Waals surface area contributed by atoms with E-state index in [9.17, 15) is 14.4 Å². The molecular weight excluding hydrogens is 438 g/mol. The van der Waals surface area contributed by atoms with E-state index in [1.165, 1.54) is 11.3 Å². The number of carbonyl (C=O) groups excluding carboxylic acids is 3. The summed E-state index contributed by atoms with van der Waals surface area (Å²) in [5.41, 5.74) is 2.59. The third-order valence-electron chi connectivity index (χ3n) is 5.59. The van der Waals surface area contributed by atoms with Gasteiger partial charge in [0.1, 0.15) is 6.54 Å². The minimum absolute atomic E-state index is 0.327. The molecule has 1 aliphatic heterocycles. The Morgan fingerprint density at radius 2 is 1.85 bits per heavy atom. The molecule has 2 aromatic heterocycles. The maximum absolute atomic E-state index is 13.4. The number of amides is 3. The van der Waals surface area contributed by atoms with Crippen LogP contribution in [0.15, 0.2) is 61.2 Å². The molecule has 0 spiro atoms. The van der Waals surface area contributed by atoms with Crippen LogP contribution in [-0.2, 0) is 11.3 Å². The molecular formula is C24H21N5O3S. The molecule has 0 radical (unpaired) electrons. The second kappa shape index (κ2) is 8.59. The van der Waals surface area contributed by atoms with Crippen LogP contribution in [0.5, 0.6) is 0 Å². The van der Waals surface area contributed by atoms with Gasteiger partial charge in [-0.1, -0.05) is 29.5 Å². The number of benzene rings is 2. The van der Waals surface area contributed by atoms with Crippen LogP contribution < -0.4 is 4.90 Å². The molecule has 166 valence electrons. The number of imide groups is 1. The topological polar surface area (TPSA) is 88.4 Å². The maximum Gasteiger partial charge on any atom is 0.262 e. The molecule has 0 saturated carbocycles. The predicted molar refractivity (Wildman–Crippen MR) is 125 cm³/mol. The van der Waals surface area contributed by atoms with Crippen molar-refractivity contribution in [3.8, 4) is 0 Å². The quantitative estimate of drug-likeness (QED) is 0.395. The molecule has 9 heteroatoms. The van der Waals surface area contributed by atoms with E-state index < -0.39 is 11.8 Å². The van der Waals surface area contributed by atoms with Gasteiger partial charge in [0.15, 0.2) is 5.13 Å². The first-order valence-corrected chi connectivity index (χ1v) is 11.4. The van der Waals surface area contributed by atoms with Gasteiger partial charge in [-0.05, 0) is 43.2 Å². The lowest BCUT2D eigenvalue weighted by molar-refractivity contribution is -0.119. The van der Waals surface area contributed by atoms with Crippen molar-refractivity contribution in [2.75, 3.05) is 18.0 Å². The van der Waals surface area contributed by atoms with Crippen molar-refractivity contribution < 1.29 is 14.4 Å². The molecule has 5 rings (SSSR count). The lowest BCUT2D eigenvalue weighted by atomic mass is 10.1. The van der Waals surface area contributed by atoms with Gasteiger partial charge in [-0.15, -0.1) is 0 Å². The van der Waals surface area contributed by atoms with E-state index in [-0.39, 0.29) is 12.5 Å². The average Bonchev–Trinajstić information content (AvgIpc) is 3.53. The summed E-state index contributed by atoms with van der Waals surface area (Å²) in [6.07, 6.45) is 5.97. The van der Waals surface area contributed by atoms with E-state index in [0.29, 0.717) is 35.8 Å². The van der Waals surface area contributed by atoms with Crippen molar-refractivity contribution in [2.45, 2.75) is 19.9 Å². The second-order valence-electron chi connectivity index (χ2n) is 7.91. The van der Waals surface area contributed by atoms with E-state index >= 15 is 0 Å². The molecule has 0 saturated heterocycles.